The molecule has 3 rings (SSSR count). The normalized spacial score (nSPS) is 22.6. The van der Waals surface area contributed by atoms with Crippen LogP contribution in [0.2, 0.25) is 0 Å². The van der Waals surface area contributed by atoms with Crippen molar-refractivity contribution in [3.63, 3.8) is 0 Å². The third-order valence-electron chi connectivity index (χ3n) is 6.21. The molecule has 0 saturated carbocycles. The third kappa shape index (κ3) is 4.33. The molecule has 2 aromatic carbocycles. The summed E-state index contributed by atoms with van der Waals surface area (Å²) in [4.78, 5) is 14.2. The van der Waals surface area contributed by atoms with E-state index in [0.717, 1.165) is 17.7 Å². The Morgan fingerprint density at radius 2 is 1.87 bits per heavy atom. The molecule has 8 heteroatoms. The topological polar surface area (TPSA) is 94.9 Å². The van der Waals surface area contributed by atoms with Crippen LogP contribution in [0.3, 0.4) is 0 Å². The van der Waals surface area contributed by atoms with Gasteiger partial charge in [0, 0.05) is 22.5 Å². The van der Waals surface area contributed by atoms with Crippen molar-refractivity contribution in [3.8, 4) is 0 Å². The van der Waals surface area contributed by atoms with Gasteiger partial charge in [-0.05, 0) is 61.6 Å². The van der Waals surface area contributed by atoms with Crippen LogP contribution < -0.4 is 4.90 Å². The van der Waals surface area contributed by atoms with Crippen molar-refractivity contribution in [2.75, 3.05) is 17.7 Å². The fraction of sp³-hybridized carbons (Fsp3) is 0.435. The molecule has 0 amide bonds. The van der Waals surface area contributed by atoms with E-state index < -0.39 is 26.7 Å². The van der Waals surface area contributed by atoms with Crippen molar-refractivity contribution in [2.24, 2.45) is 5.41 Å². The lowest BCUT2D eigenvalue weighted by molar-refractivity contribution is 0.0697. The zero-order chi connectivity index (χ0) is 22.8. The monoisotopic (exact) mass is 463 g/mol. The van der Waals surface area contributed by atoms with Gasteiger partial charge in [-0.1, -0.05) is 26.7 Å². The number of hydrogen-bond donors (Lipinski definition) is 2. The van der Waals surface area contributed by atoms with Crippen LogP contribution in [-0.2, 0) is 9.84 Å². The Labute approximate surface area is 188 Å². The predicted octanol–water partition coefficient (Wildman–Crippen LogP) is 4.94. The molecule has 6 nitrogen and oxygen atoms in total. The summed E-state index contributed by atoms with van der Waals surface area (Å²) in [5, 5.41) is 20.5. The minimum atomic E-state index is -3.98. The van der Waals surface area contributed by atoms with E-state index in [1.54, 1.807) is 24.3 Å². The number of anilines is 2. The maximum absolute atomic E-state index is 13.5. The van der Waals surface area contributed by atoms with Gasteiger partial charge in [0.1, 0.15) is 0 Å². The zero-order valence-electron chi connectivity index (χ0n) is 18.0. The van der Waals surface area contributed by atoms with Crippen LogP contribution in [0.5, 0.6) is 0 Å². The van der Waals surface area contributed by atoms with Crippen LogP contribution in [0, 0.1) is 5.41 Å². The van der Waals surface area contributed by atoms with Crippen molar-refractivity contribution in [1.82, 2.24) is 0 Å². The minimum absolute atomic E-state index is 0.104. The van der Waals surface area contributed by atoms with Crippen LogP contribution in [0.15, 0.2) is 52.3 Å². The van der Waals surface area contributed by atoms with E-state index in [2.05, 4.69) is 0 Å². The van der Waals surface area contributed by atoms with Crippen molar-refractivity contribution < 1.29 is 23.4 Å². The van der Waals surface area contributed by atoms with Crippen molar-refractivity contribution in [3.05, 3.63) is 48.0 Å². The van der Waals surface area contributed by atoms with E-state index in [0.29, 0.717) is 30.8 Å². The van der Waals surface area contributed by atoms with Crippen molar-refractivity contribution in [2.45, 2.75) is 54.8 Å². The van der Waals surface area contributed by atoms with E-state index in [1.807, 2.05) is 31.1 Å². The lowest BCUT2D eigenvalue weighted by Gasteiger charge is -2.39. The molecule has 0 spiro atoms. The standard InChI is InChI=1S/C23H29NO5S2/c1-4-6-13-23(5-2)15-24(17-9-7-16(8-10-17)21(25)26)19-14-18(30-3)11-12-20(19)31(28,29)22(23)27/h7-12,14,22,27H,4-6,13,15H2,1-3H3,(H,25,26). The molecule has 0 radical (unpaired) electrons. The number of fused-ring (bicyclic) bond motifs is 1. The Kier molecular flexibility index (Phi) is 7.03. The summed E-state index contributed by atoms with van der Waals surface area (Å²) in [5.74, 6) is -1.02. The number of hydrogen-bond acceptors (Lipinski definition) is 6. The Morgan fingerprint density at radius 1 is 1.19 bits per heavy atom. The van der Waals surface area contributed by atoms with Crippen molar-refractivity contribution in [1.29, 1.82) is 0 Å². The lowest BCUT2D eigenvalue weighted by Crippen LogP contribution is -2.45. The largest absolute Gasteiger partial charge is 0.478 e. The predicted molar refractivity (Wildman–Crippen MR) is 124 cm³/mol. The van der Waals surface area contributed by atoms with E-state index in [9.17, 15) is 23.4 Å². The average molecular weight is 464 g/mol. The minimum Gasteiger partial charge on any atom is -0.478 e. The van der Waals surface area contributed by atoms with Gasteiger partial charge in [0.25, 0.3) is 0 Å². The van der Waals surface area contributed by atoms with Gasteiger partial charge in [-0.2, -0.15) is 0 Å². The van der Waals surface area contributed by atoms with Crippen LogP contribution in [0.25, 0.3) is 0 Å². The fourth-order valence-corrected chi connectivity index (χ4v) is 6.62. The van der Waals surface area contributed by atoms with Crippen molar-refractivity contribution >= 4 is 38.9 Å². The first kappa shape index (κ1) is 23.6. The summed E-state index contributed by atoms with van der Waals surface area (Å²) >= 11 is 1.51. The number of carboxylic acids is 1. The second-order valence-electron chi connectivity index (χ2n) is 7.99. The first-order valence-electron chi connectivity index (χ1n) is 10.4. The molecular weight excluding hydrogens is 434 g/mol. The molecule has 0 aromatic heterocycles. The molecule has 1 aliphatic rings. The zero-order valence-corrected chi connectivity index (χ0v) is 19.7. The third-order valence-corrected chi connectivity index (χ3v) is 8.98. The van der Waals surface area contributed by atoms with Gasteiger partial charge < -0.3 is 15.1 Å². The summed E-state index contributed by atoms with van der Waals surface area (Å²) in [6.45, 7) is 4.29. The molecule has 0 aliphatic carbocycles. The van der Waals surface area contributed by atoms with Gasteiger partial charge >= 0.3 is 5.97 Å². The fourth-order valence-electron chi connectivity index (χ4n) is 4.21. The first-order chi connectivity index (χ1) is 14.7. The average Bonchev–Trinajstić information content (AvgIpc) is 2.85. The van der Waals surface area contributed by atoms with Gasteiger partial charge in [0.15, 0.2) is 5.44 Å². The summed E-state index contributed by atoms with van der Waals surface area (Å²) < 4.78 is 27.0. The highest BCUT2D eigenvalue weighted by Crippen LogP contribution is 2.47. The molecule has 0 fully saturated rings. The Hall–Kier alpha value is -2.03. The number of aliphatic hydroxyl groups is 1. The molecular formula is C23H29NO5S2. The molecule has 2 atom stereocenters. The van der Waals surface area contributed by atoms with Gasteiger partial charge in [-0.15, -0.1) is 11.8 Å². The van der Waals surface area contributed by atoms with Crippen LogP contribution in [-0.4, -0.2) is 42.8 Å². The highest BCUT2D eigenvalue weighted by Gasteiger charge is 2.49. The van der Waals surface area contributed by atoms with E-state index in [4.69, 9.17) is 0 Å². The van der Waals surface area contributed by atoms with Crippen LogP contribution >= 0.6 is 11.8 Å². The summed E-state index contributed by atoms with van der Waals surface area (Å²) in [6, 6.07) is 11.6. The Bertz CT molecular complexity index is 1050. The quantitative estimate of drug-likeness (QED) is 0.562. The summed E-state index contributed by atoms with van der Waals surface area (Å²) in [5.41, 5.74) is -0.988. The molecule has 0 saturated heterocycles. The number of carbonyl (C=O) groups is 1. The second-order valence-corrected chi connectivity index (χ2v) is 10.8. The number of nitrogens with zero attached hydrogens (tertiary/aromatic N) is 1. The van der Waals surface area contributed by atoms with Gasteiger partial charge in [0.05, 0.1) is 16.1 Å². The highest BCUT2D eigenvalue weighted by molar-refractivity contribution is 7.98. The number of unbranched alkanes of at least 4 members (excludes halogenated alkanes) is 1. The van der Waals surface area contributed by atoms with E-state index in [1.165, 1.54) is 23.9 Å². The molecule has 2 unspecified atom stereocenters. The molecule has 1 aliphatic heterocycles. The lowest BCUT2D eigenvalue weighted by atomic mass is 9.79. The number of aromatic carboxylic acids is 1. The second kappa shape index (κ2) is 9.22. The Morgan fingerprint density at radius 3 is 2.42 bits per heavy atom. The van der Waals surface area contributed by atoms with Gasteiger partial charge in [-0.3, -0.25) is 0 Å². The number of thioether (sulfide) groups is 1. The number of benzene rings is 2. The molecule has 168 valence electrons. The smallest absolute Gasteiger partial charge is 0.335 e. The highest BCUT2D eigenvalue weighted by atomic mass is 32.2. The van der Waals surface area contributed by atoms with E-state index in [-0.39, 0.29) is 10.5 Å². The van der Waals surface area contributed by atoms with Crippen LogP contribution in [0.4, 0.5) is 11.4 Å². The van der Waals surface area contributed by atoms with Gasteiger partial charge in [-0.25, -0.2) is 13.2 Å². The van der Waals surface area contributed by atoms with Crippen LogP contribution in [0.1, 0.15) is 49.9 Å². The molecule has 31 heavy (non-hydrogen) atoms. The summed E-state index contributed by atoms with van der Waals surface area (Å²) in [7, 11) is -3.98. The molecule has 2 N–H and O–H groups in total. The molecule has 0 bridgehead atoms. The maximum Gasteiger partial charge on any atom is 0.335 e. The number of aliphatic hydroxyl groups excluding tert-OH is 1. The van der Waals surface area contributed by atoms with Gasteiger partial charge in [0.2, 0.25) is 9.84 Å². The summed E-state index contributed by atoms with van der Waals surface area (Å²) in [6.07, 6.45) is 4.70. The number of sulfone groups is 1. The Balaban J connectivity index is 2.26. The number of rotatable bonds is 7. The maximum atomic E-state index is 13.5. The SMILES string of the molecule is CCCCC1(CC)CN(c2ccc(C(=O)O)cc2)c2cc(SC)ccc2S(=O)(=O)C1O. The first-order valence-corrected chi connectivity index (χ1v) is 13.2. The van der Waals surface area contributed by atoms with E-state index >= 15 is 0 Å². The molecule has 1 heterocycles. The number of carboxylic acid groups (broad SMARTS) is 1. The molecule has 2 aromatic rings.